The standard InChI is InChI=1S/C21H21N3O5/c1-3-23(15-7-5-4-6-8-15)18(25)12-24-19(26)21(2,22-20(24)27)14-9-10-16-17(11-14)29-13-28-16/h4-11H,3,12-13H2,1-2H3,(H,22,27). The quantitative estimate of drug-likeness (QED) is 0.785. The number of fused-ring (bicyclic) bond motifs is 1. The van der Waals surface area contributed by atoms with Crippen molar-refractivity contribution in [2.75, 3.05) is 24.8 Å². The highest BCUT2D eigenvalue weighted by atomic mass is 16.7. The highest BCUT2D eigenvalue weighted by Crippen LogP contribution is 2.37. The summed E-state index contributed by atoms with van der Waals surface area (Å²) in [5, 5.41) is 2.71. The van der Waals surface area contributed by atoms with E-state index in [0.717, 1.165) is 4.90 Å². The largest absolute Gasteiger partial charge is 0.454 e. The molecule has 150 valence electrons. The van der Waals surface area contributed by atoms with Crippen molar-refractivity contribution < 1.29 is 23.9 Å². The number of anilines is 1. The van der Waals surface area contributed by atoms with Crippen LogP contribution in [-0.4, -0.2) is 42.6 Å². The van der Waals surface area contributed by atoms with Crippen LogP contribution in [0.15, 0.2) is 48.5 Å². The molecule has 1 N–H and O–H groups in total. The average Bonchev–Trinajstić information content (AvgIpc) is 3.28. The third-order valence-corrected chi connectivity index (χ3v) is 5.20. The van der Waals surface area contributed by atoms with E-state index < -0.39 is 17.5 Å². The average molecular weight is 395 g/mol. The minimum absolute atomic E-state index is 0.114. The van der Waals surface area contributed by atoms with Crippen LogP contribution in [0.25, 0.3) is 0 Å². The number of para-hydroxylation sites is 1. The summed E-state index contributed by atoms with van der Waals surface area (Å²) in [7, 11) is 0. The molecule has 2 heterocycles. The van der Waals surface area contributed by atoms with E-state index in [1.807, 2.05) is 37.3 Å². The molecule has 2 aliphatic rings. The first kappa shape index (κ1) is 18.8. The zero-order valence-electron chi connectivity index (χ0n) is 16.2. The molecule has 2 aromatic carbocycles. The second-order valence-electron chi connectivity index (χ2n) is 6.99. The molecule has 0 aliphatic carbocycles. The summed E-state index contributed by atoms with van der Waals surface area (Å²) in [4.78, 5) is 41.0. The molecule has 1 saturated heterocycles. The van der Waals surface area contributed by atoms with Crippen molar-refractivity contribution in [3.8, 4) is 11.5 Å². The third kappa shape index (κ3) is 3.16. The number of ether oxygens (including phenoxy) is 2. The molecule has 2 aromatic rings. The van der Waals surface area contributed by atoms with Crippen LogP contribution in [0.5, 0.6) is 11.5 Å². The van der Waals surface area contributed by atoms with Crippen molar-refractivity contribution in [2.24, 2.45) is 0 Å². The molecule has 0 spiro atoms. The minimum Gasteiger partial charge on any atom is -0.454 e. The number of urea groups is 1. The molecule has 0 aromatic heterocycles. The van der Waals surface area contributed by atoms with E-state index in [9.17, 15) is 14.4 Å². The predicted molar refractivity (Wildman–Crippen MR) is 105 cm³/mol. The van der Waals surface area contributed by atoms with Gasteiger partial charge in [0.05, 0.1) is 0 Å². The third-order valence-electron chi connectivity index (χ3n) is 5.20. The number of hydrogen-bond donors (Lipinski definition) is 1. The summed E-state index contributed by atoms with van der Waals surface area (Å²) < 4.78 is 10.7. The molecule has 0 bridgehead atoms. The molecule has 1 atom stereocenters. The molecule has 1 fully saturated rings. The summed E-state index contributed by atoms with van der Waals surface area (Å²) >= 11 is 0. The van der Waals surface area contributed by atoms with Gasteiger partial charge in [-0.2, -0.15) is 0 Å². The topological polar surface area (TPSA) is 88.2 Å². The lowest BCUT2D eigenvalue weighted by molar-refractivity contribution is -0.134. The Kier molecular flexibility index (Phi) is 4.62. The fourth-order valence-corrected chi connectivity index (χ4v) is 3.58. The summed E-state index contributed by atoms with van der Waals surface area (Å²) in [5.41, 5.74) is -0.0154. The highest BCUT2D eigenvalue weighted by molar-refractivity contribution is 6.10. The number of likely N-dealkylation sites (N-methyl/N-ethyl adjacent to an activating group) is 1. The van der Waals surface area contributed by atoms with E-state index in [1.165, 1.54) is 4.90 Å². The van der Waals surface area contributed by atoms with Crippen molar-refractivity contribution in [1.29, 1.82) is 0 Å². The number of carbonyl (C=O) groups excluding carboxylic acids is 3. The predicted octanol–water partition coefficient (Wildman–Crippen LogP) is 2.24. The first-order chi connectivity index (χ1) is 13.9. The molecule has 0 saturated carbocycles. The molecular weight excluding hydrogens is 374 g/mol. The second-order valence-corrected chi connectivity index (χ2v) is 6.99. The molecule has 29 heavy (non-hydrogen) atoms. The van der Waals surface area contributed by atoms with Gasteiger partial charge in [-0.25, -0.2) is 4.79 Å². The zero-order valence-corrected chi connectivity index (χ0v) is 16.2. The normalized spacial score (nSPS) is 20.0. The van der Waals surface area contributed by atoms with E-state index in [4.69, 9.17) is 9.47 Å². The van der Waals surface area contributed by atoms with E-state index in [-0.39, 0.29) is 19.2 Å². The number of amides is 4. The Balaban J connectivity index is 1.56. The van der Waals surface area contributed by atoms with Crippen LogP contribution < -0.4 is 19.7 Å². The molecule has 4 rings (SSSR count). The summed E-state index contributed by atoms with van der Waals surface area (Å²) in [6, 6.07) is 13.6. The number of rotatable bonds is 5. The lowest BCUT2D eigenvalue weighted by Crippen LogP contribution is -2.44. The Labute approximate surface area is 168 Å². The fraction of sp³-hybridized carbons (Fsp3) is 0.286. The van der Waals surface area contributed by atoms with Crippen LogP contribution in [0.3, 0.4) is 0 Å². The number of benzene rings is 2. The van der Waals surface area contributed by atoms with E-state index in [1.54, 1.807) is 25.1 Å². The molecule has 4 amide bonds. The molecule has 0 radical (unpaired) electrons. The van der Waals surface area contributed by atoms with Gasteiger partial charge in [-0.05, 0) is 43.7 Å². The zero-order chi connectivity index (χ0) is 20.6. The Morgan fingerprint density at radius 2 is 1.86 bits per heavy atom. The molecule has 8 nitrogen and oxygen atoms in total. The number of carbonyl (C=O) groups is 3. The monoisotopic (exact) mass is 395 g/mol. The van der Waals surface area contributed by atoms with Crippen LogP contribution in [0.4, 0.5) is 10.5 Å². The maximum Gasteiger partial charge on any atom is 0.325 e. The first-order valence-corrected chi connectivity index (χ1v) is 9.33. The maximum absolute atomic E-state index is 13.1. The number of nitrogens with one attached hydrogen (secondary N) is 1. The SMILES string of the molecule is CCN(C(=O)CN1C(=O)NC(C)(c2ccc3c(c2)OCO3)C1=O)c1ccccc1. The molecule has 1 unspecified atom stereocenters. The van der Waals surface area contributed by atoms with Gasteiger partial charge in [0.25, 0.3) is 5.91 Å². The van der Waals surface area contributed by atoms with E-state index in [2.05, 4.69) is 5.32 Å². The Morgan fingerprint density at radius 1 is 1.14 bits per heavy atom. The van der Waals surface area contributed by atoms with Gasteiger partial charge in [0.15, 0.2) is 11.5 Å². The molecular formula is C21H21N3O5. The summed E-state index contributed by atoms with van der Waals surface area (Å²) in [6.45, 7) is 3.65. The van der Waals surface area contributed by atoms with Crippen LogP contribution in [0.2, 0.25) is 0 Å². The van der Waals surface area contributed by atoms with Gasteiger partial charge in [-0.3, -0.25) is 14.5 Å². The van der Waals surface area contributed by atoms with Crippen molar-refractivity contribution >= 4 is 23.5 Å². The lowest BCUT2D eigenvalue weighted by Gasteiger charge is -2.24. The molecule has 8 heteroatoms. The van der Waals surface area contributed by atoms with Gasteiger partial charge in [-0.1, -0.05) is 24.3 Å². The number of nitrogens with zero attached hydrogens (tertiary/aromatic N) is 2. The summed E-state index contributed by atoms with van der Waals surface area (Å²) in [5.74, 6) is 0.278. The minimum atomic E-state index is -1.29. The van der Waals surface area contributed by atoms with E-state index >= 15 is 0 Å². The Morgan fingerprint density at radius 3 is 2.59 bits per heavy atom. The van der Waals surface area contributed by atoms with Crippen molar-refractivity contribution in [2.45, 2.75) is 19.4 Å². The van der Waals surface area contributed by atoms with Crippen molar-refractivity contribution in [1.82, 2.24) is 10.2 Å². The Hall–Kier alpha value is -3.55. The van der Waals surface area contributed by atoms with Crippen LogP contribution in [0.1, 0.15) is 19.4 Å². The van der Waals surface area contributed by atoms with Crippen LogP contribution in [-0.2, 0) is 15.1 Å². The van der Waals surface area contributed by atoms with Gasteiger partial charge in [0, 0.05) is 12.2 Å². The van der Waals surface area contributed by atoms with Gasteiger partial charge in [0.1, 0.15) is 12.1 Å². The number of imide groups is 1. The smallest absolute Gasteiger partial charge is 0.325 e. The van der Waals surface area contributed by atoms with E-state index in [0.29, 0.717) is 29.3 Å². The Bertz CT molecular complexity index is 978. The van der Waals surface area contributed by atoms with Crippen LogP contribution >= 0.6 is 0 Å². The fourth-order valence-electron chi connectivity index (χ4n) is 3.58. The maximum atomic E-state index is 13.1. The van der Waals surface area contributed by atoms with Gasteiger partial charge >= 0.3 is 6.03 Å². The van der Waals surface area contributed by atoms with Crippen molar-refractivity contribution in [3.05, 3.63) is 54.1 Å². The number of hydrogen-bond acceptors (Lipinski definition) is 5. The van der Waals surface area contributed by atoms with Gasteiger partial charge < -0.3 is 19.7 Å². The highest BCUT2D eigenvalue weighted by Gasteiger charge is 2.50. The van der Waals surface area contributed by atoms with Gasteiger partial charge in [-0.15, -0.1) is 0 Å². The second kappa shape index (κ2) is 7.12. The van der Waals surface area contributed by atoms with Gasteiger partial charge in [0.2, 0.25) is 12.7 Å². The molecule has 2 aliphatic heterocycles. The van der Waals surface area contributed by atoms with Crippen LogP contribution in [0, 0.1) is 0 Å². The summed E-state index contributed by atoms with van der Waals surface area (Å²) in [6.07, 6.45) is 0. The lowest BCUT2D eigenvalue weighted by atomic mass is 9.91. The first-order valence-electron chi connectivity index (χ1n) is 9.33. The van der Waals surface area contributed by atoms with Crippen molar-refractivity contribution in [3.63, 3.8) is 0 Å².